The number of anilines is 5. The molecule has 208 valence electrons. The number of nitrogens with one attached hydrogen (secondary N) is 2. The maximum atomic E-state index is 14.6. The first kappa shape index (κ1) is 26.6. The summed E-state index contributed by atoms with van der Waals surface area (Å²) in [5.74, 6) is 1.84. The Morgan fingerprint density at radius 1 is 1.15 bits per heavy atom. The highest BCUT2D eigenvalue weighted by Gasteiger charge is 2.32. The van der Waals surface area contributed by atoms with Crippen molar-refractivity contribution in [2.75, 3.05) is 35.2 Å². The number of hydrogen-bond acceptors (Lipinski definition) is 10. The monoisotopic (exact) mass is 538 g/mol. The van der Waals surface area contributed by atoms with Crippen LogP contribution in [-0.4, -0.2) is 72.2 Å². The number of aryl methyl sites for hydroxylation is 2. The summed E-state index contributed by atoms with van der Waals surface area (Å²) in [4.78, 5) is 30.2. The number of nitrogens with zero attached hydrogens (tertiary/aromatic N) is 8. The number of carbonyl (C=O) groups excluding carboxylic acids is 1. The van der Waals surface area contributed by atoms with Gasteiger partial charge in [-0.2, -0.15) is 4.98 Å². The predicted molar refractivity (Wildman–Crippen MR) is 145 cm³/mol. The number of hydrogen-bond donors (Lipinski definition) is 2. The van der Waals surface area contributed by atoms with Gasteiger partial charge in [0.15, 0.2) is 11.6 Å². The summed E-state index contributed by atoms with van der Waals surface area (Å²) in [6.45, 7) is 10.9. The van der Waals surface area contributed by atoms with E-state index in [9.17, 15) is 9.18 Å². The van der Waals surface area contributed by atoms with Crippen LogP contribution < -0.4 is 15.5 Å². The number of halogens is 1. The second-order valence-electron chi connectivity index (χ2n) is 11.2. The molecule has 5 rings (SSSR count). The zero-order valence-corrected chi connectivity index (χ0v) is 23.2. The molecule has 2 fully saturated rings. The molecule has 1 aliphatic carbocycles. The Bertz CT molecular complexity index is 1370. The lowest BCUT2D eigenvalue weighted by molar-refractivity contribution is 0.0159. The number of piperazine rings is 1. The average Bonchev–Trinajstić information content (AvgIpc) is 3.61. The first-order valence-corrected chi connectivity index (χ1v) is 13.2. The van der Waals surface area contributed by atoms with Gasteiger partial charge in [-0.1, -0.05) is 5.21 Å². The molecular formula is C26H35FN10O2. The topological polar surface area (TPSA) is 126 Å². The summed E-state index contributed by atoms with van der Waals surface area (Å²) in [5, 5.41) is 14.5. The van der Waals surface area contributed by atoms with Crippen molar-refractivity contribution < 1.29 is 13.9 Å². The summed E-state index contributed by atoms with van der Waals surface area (Å²) >= 11 is 0. The summed E-state index contributed by atoms with van der Waals surface area (Å²) in [5.41, 5.74) is 1.21. The molecule has 4 heterocycles. The molecule has 1 aliphatic heterocycles. The molecule has 0 spiro atoms. The molecule has 13 heteroatoms. The Morgan fingerprint density at radius 2 is 1.92 bits per heavy atom. The fourth-order valence-electron chi connectivity index (χ4n) is 4.60. The lowest BCUT2D eigenvalue weighted by Gasteiger charge is -2.41. The van der Waals surface area contributed by atoms with Crippen LogP contribution in [0.1, 0.15) is 57.7 Å². The summed E-state index contributed by atoms with van der Waals surface area (Å²) in [7, 11) is 1.78. The summed E-state index contributed by atoms with van der Waals surface area (Å²) in [6, 6.07) is 1.65. The van der Waals surface area contributed by atoms with E-state index in [0.717, 1.165) is 18.5 Å². The first-order chi connectivity index (χ1) is 18.5. The molecule has 3 aromatic rings. The second-order valence-corrected chi connectivity index (χ2v) is 11.2. The van der Waals surface area contributed by atoms with Crippen molar-refractivity contribution in [3.63, 3.8) is 0 Å². The van der Waals surface area contributed by atoms with Gasteiger partial charge >= 0.3 is 6.09 Å². The lowest BCUT2D eigenvalue weighted by atomic mass is 10.1. The number of amides is 1. The highest BCUT2D eigenvalue weighted by Crippen LogP contribution is 2.42. The van der Waals surface area contributed by atoms with Gasteiger partial charge in [0, 0.05) is 32.7 Å². The molecule has 1 amide bonds. The molecule has 1 saturated carbocycles. The van der Waals surface area contributed by atoms with Gasteiger partial charge in [0.25, 0.3) is 0 Å². The normalized spacial score (nSPS) is 17.8. The van der Waals surface area contributed by atoms with E-state index < -0.39 is 5.60 Å². The number of ether oxygens (including phenoxy) is 1. The molecule has 1 atom stereocenters. The standard InChI is InChI=1S/C26H35FN10O2/c1-15-13-36(9-10-37(15)25(38)39-26(3,4)5)19-12-28-24(32-23(19)30-21-14-35(6)34-33-21)31-20-11-18(17-7-8-17)22(27)16(2)29-20/h11-12,14-15,17H,7-10,13H2,1-6H3,(H2,28,29,30,31,32)/t15-/m1/s1. The molecule has 1 saturated heterocycles. The Labute approximate surface area is 227 Å². The van der Waals surface area contributed by atoms with Gasteiger partial charge in [0.2, 0.25) is 5.95 Å². The smallest absolute Gasteiger partial charge is 0.410 e. The first-order valence-electron chi connectivity index (χ1n) is 13.2. The number of aromatic nitrogens is 6. The van der Waals surface area contributed by atoms with Gasteiger partial charge in [-0.15, -0.1) is 5.10 Å². The number of carbonyl (C=O) groups is 1. The van der Waals surface area contributed by atoms with Crippen LogP contribution in [0.4, 0.5) is 38.3 Å². The number of pyridine rings is 1. The highest BCUT2D eigenvalue weighted by atomic mass is 19.1. The van der Waals surface area contributed by atoms with Crippen LogP contribution in [0, 0.1) is 12.7 Å². The Hall–Kier alpha value is -4.03. The molecule has 2 N–H and O–H groups in total. The third-order valence-electron chi connectivity index (χ3n) is 6.62. The fourth-order valence-corrected chi connectivity index (χ4v) is 4.60. The lowest BCUT2D eigenvalue weighted by Crippen LogP contribution is -2.55. The zero-order valence-electron chi connectivity index (χ0n) is 23.2. The Kier molecular flexibility index (Phi) is 7.00. The van der Waals surface area contributed by atoms with E-state index >= 15 is 0 Å². The molecule has 12 nitrogen and oxygen atoms in total. The number of rotatable bonds is 6. The van der Waals surface area contributed by atoms with Crippen molar-refractivity contribution in [3.8, 4) is 0 Å². The van der Waals surface area contributed by atoms with E-state index in [1.54, 1.807) is 42.0 Å². The minimum Gasteiger partial charge on any atom is -0.444 e. The molecule has 0 aromatic carbocycles. The van der Waals surface area contributed by atoms with E-state index in [-0.39, 0.29) is 23.9 Å². The summed E-state index contributed by atoms with van der Waals surface area (Å²) in [6.07, 6.45) is 5.11. The van der Waals surface area contributed by atoms with E-state index in [2.05, 4.69) is 35.8 Å². The van der Waals surface area contributed by atoms with Gasteiger partial charge in [-0.05, 0) is 65.0 Å². The van der Waals surface area contributed by atoms with Gasteiger partial charge < -0.3 is 25.2 Å². The average molecular weight is 539 g/mol. The van der Waals surface area contributed by atoms with E-state index in [1.807, 2.05) is 27.7 Å². The molecular weight excluding hydrogens is 503 g/mol. The SMILES string of the molecule is Cc1nc(Nc2ncc(N3CCN(C(=O)OC(C)(C)C)[C@H](C)C3)c(Nc3cn(C)nn3)n2)cc(C2CC2)c1F. The quantitative estimate of drug-likeness (QED) is 0.470. The molecule has 2 aliphatic rings. The molecule has 39 heavy (non-hydrogen) atoms. The van der Waals surface area contributed by atoms with Crippen LogP contribution in [0.2, 0.25) is 0 Å². The Balaban J connectivity index is 1.39. The maximum Gasteiger partial charge on any atom is 0.410 e. The predicted octanol–water partition coefficient (Wildman–Crippen LogP) is 4.26. The van der Waals surface area contributed by atoms with Crippen molar-refractivity contribution in [1.29, 1.82) is 0 Å². The van der Waals surface area contributed by atoms with Gasteiger partial charge in [-0.3, -0.25) is 4.68 Å². The third kappa shape index (κ3) is 6.18. The molecule has 0 unspecified atom stereocenters. The highest BCUT2D eigenvalue weighted by molar-refractivity contribution is 5.73. The van der Waals surface area contributed by atoms with Gasteiger partial charge in [0.05, 0.1) is 23.8 Å². The third-order valence-corrected chi connectivity index (χ3v) is 6.62. The van der Waals surface area contributed by atoms with Crippen molar-refractivity contribution in [3.05, 3.63) is 35.5 Å². The van der Waals surface area contributed by atoms with Crippen molar-refractivity contribution in [2.45, 2.75) is 65.0 Å². The van der Waals surface area contributed by atoms with Crippen molar-refractivity contribution in [1.82, 2.24) is 34.8 Å². The van der Waals surface area contributed by atoms with Crippen LogP contribution in [0.15, 0.2) is 18.5 Å². The van der Waals surface area contributed by atoms with Crippen molar-refractivity contribution >= 4 is 35.2 Å². The largest absolute Gasteiger partial charge is 0.444 e. The van der Waals surface area contributed by atoms with E-state index in [4.69, 9.17) is 9.72 Å². The second kappa shape index (κ2) is 10.3. The van der Waals surface area contributed by atoms with Crippen LogP contribution in [0.25, 0.3) is 0 Å². The van der Waals surface area contributed by atoms with Crippen LogP contribution in [0.5, 0.6) is 0 Å². The molecule has 3 aromatic heterocycles. The van der Waals surface area contributed by atoms with Gasteiger partial charge in [-0.25, -0.2) is 19.2 Å². The minimum absolute atomic E-state index is 0.0944. The minimum atomic E-state index is -0.560. The van der Waals surface area contributed by atoms with Crippen LogP contribution in [0.3, 0.4) is 0 Å². The van der Waals surface area contributed by atoms with Gasteiger partial charge in [0.1, 0.15) is 17.2 Å². The summed E-state index contributed by atoms with van der Waals surface area (Å²) < 4.78 is 21.8. The molecule has 0 bridgehead atoms. The van der Waals surface area contributed by atoms with Crippen LogP contribution >= 0.6 is 0 Å². The molecule has 0 radical (unpaired) electrons. The maximum absolute atomic E-state index is 14.6. The van der Waals surface area contributed by atoms with E-state index in [0.29, 0.717) is 54.3 Å². The Morgan fingerprint density at radius 3 is 2.56 bits per heavy atom. The van der Waals surface area contributed by atoms with Crippen molar-refractivity contribution in [2.24, 2.45) is 7.05 Å². The van der Waals surface area contributed by atoms with Crippen LogP contribution in [-0.2, 0) is 11.8 Å². The fraction of sp³-hybridized carbons (Fsp3) is 0.538. The van der Waals surface area contributed by atoms with E-state index in [1.165, 1.54) is 0 Å². The zero-order chi connectivity index (χ0) is 27.9.